The first kappa shape index (κ1) is 11.3. The Bertz CT molecular complexity index is 444. The van der Waals surface area contributed by atoms with Gasteiger partial charge in [-0.15, -0.1) is 0 Å². The molecule has 0 heterocycles. The molecule has 0 radical (unpaired) electrons. The second kappa shape index (κ2) is 4.65. The van der Waals surface area contributed by atoms with Crippen molar-refractivity contribution < 1.29 is 14.9 Å². The van der Waals surface area contributed by atoms with Crippen LogP contribution in [0.1, 0.15) is 10.4 Å². The molecule has 0 aliphatic rings. The van der Waals surface area contributed by atoms with Gasteiger partial charge in [-0.2, -0.15) is 0 Å². The van der Waals surface area contributed by atoms with Gasteiger partial charge in [-0.1, -0.05) is 5.16 Å². The molecule has 0 bridgehead atoms. The van der Waals surface area contributed by atoms with Crippen LogP contribution < -0.4 is 0 Å². The summed E-state index contributed by atoms with van der Waals surface area (Å²) in [7, 11) is 0. The molecule has 0 fully saturated rings. The van der Waals surface area contributed by atoms with Gasteiger partial charge in [0.15, 0.2) is 0 Å². The van der Waals surface area contributed by atoms with Gasteiger partial charge in [-0.25, -0.2) is 0 Å². The lowest BCUT2D eigenvalue weighted by atomic mass is 10.1. The molecule has 0 aromatic heterocycles. The minimum atomic E-state index is -0.614. The summed E-state index contributed by atoms with van der Waals surface area (Å²) in [5.74, 6) is -0.604. The highest BCUT2D eigenvalue weighted by atomic mass is 79.9. The third kappa shape index (κ3) is 2.59. The number of oxime groups is 1. The molecule has 1 aromatic carbocycles. The maximum Gasteiger partial charge on any atom is 0.284 e. The fraction of sp³-hybridized carbons (Fsp3) is 0. The van der Waals surface area contributed by atoms with E-state index in [1.807, 2.05) is 0 Å². The molecule has 1 rings (SSSR count). The van der Waals surface area contributed by atoms with Crippen molar-refractivity contribution in [3.63, 3.8) is 0 Å². The predicted molar refractivity (Wildman–Crippen MR) is 55.4 cm³/mol. The lowest BCUT2D eigenvalue weighted by Crippen LogP contribution is -2.01. The van der Waals surface area contributed by atoms with E-state index in [1.54, 1.807) is 0 Å². The molecule has 1 aromatic rings. The van der Waals surface area contributed by atoms with Gasteiger partial charge in [-0.05, 0) is 28.1 Å². The van der Waals surface area contributed by atoms with Crippen molar-refractivity contribution in [1.29, 1.82) is 0 Å². The molecule has 0 amide bonds. The molecule has 0 unspecified atom stereocenters. The number of ketones is 1. The standard InChI is InChI=1S/C8H5BrN2O4/c9-6-2-1-5(8(12)4-10-13)3-7(6)11(14)15/h1-4,13H. The Balaban J connectivity index is 3.18. The Labute approximate surface area is 92.5 Å². The number of halogens is 1. The van der Waals surface area contributed by atoms with Crippen LogP contribution in [0.25, 0.3) is 0 Å². The quantitative estimate of drug-likeness (QED) is 0.299. The van der Waals surface area contributed by atoms with Crippen molar-refractivity contribution in [1.82, 2.24) is 0 Å². The second-order valence-corrected chi connectivity index (χ2v) is 3.39. The van der Waals surface area contributed by atoms with Gasteiger partial charge in [-0.3, -0.25) is 14.9 Å². The van der Waals surface area contributed by atoms with E-state index in [2.05, 4.69) is 21.1 Å². The smallest absolute Gasteiger partial charge is 0.284 e. The van der Waals surface area contributed by atoms with Crippen LogP contribution in [0, 0.1) is 10.1 Å². The summed E-state index contributed by atoms with van der Waals surface area (Å²) >= 11 is 2.98. The number of nitro groups is 1. The van der Waals surface area contributed by atoms with E-state index in [0.717, 1.165) is 6.07 Å². The summed E-state index contributed by atoms with van der Waals surface area (Å²) in [6, 6.07) is 3.88. The average Bonchev–Trinajstić information content (AvgIpc) is 2.18. The van der Waals surface area contributed by atoms with E-state index in [0.29, 0.717) is 6.21 Å². The summed E-state index contributed by atoms with van der Waals surface area (Å²) in [5, 5.41) is 21.2. The molecule has 6 nitrogen and oxygen atoms in total. The fourth-order valence-corrected chi connectivity index (χ4v) is 1.32. The van der Waals surface area contributed by atoms with Gasteiger partial charge in [0.2, 0.25) is 5.78 Å². The molecule has 0 atom stereocenters. The lowest BCUT2D eigenvalue weighted by Gasteiger charge is -1.97. The summed E-state index contributed by atoms with van der Waals surface area (Å²) < 4.78 is 0.282. The zero-order valence-electron chi connectivity index (χ0n) is 7.25. The van der Waals surface area contributed by atoms with Crippen LogP contribution in [0.3, 0.4) is 0 Å². The monoisotopic (exact) mass is 272 g/mol. The highest BCUT2D eigenvalue weighted by molar-refractivity contribution is 9.10. The average molecular weight is 273 g/mol. The van der Waals surface area contributed by atoms with Gasteiger partial charge in [0, 0.05) is 11.6 Å². The first-order valence-electron chi connectivity index (χ1n) is 3.72. The Hall–Kier alpha value is -1.76. The van der Waals surface area contributed by atoms with E-state index in [-0.39, 0.29) is 15.7 Å². The largest absolute Gasteiger partial charge is 0.411 e. The first-order valence-corrected chi connectivity index (χ1v) is 4.51. The predicted octanol–water partition coefficient (Wildman–Crippen LogP) is 2.00. The molecule has 15 heavy (non-hydrogen) atoms. The van der Waals surface area contributed by atoms with Gasteiger partial charge in [0.05, 0.1) is 9.40 Å². The van der Waals surface area contributed by atoms with Crippen LogP contribution in [-0.2, 0) is 0 Å². The highest BCUT2D eigenvalue weighted by Gasteiger charge is 2.14. The molecule has 1 N–H and O–H groups in total. The number of carbonyl (C=O) groups excluding carboxylic acids is 1. The Morgan fingerprint density at radius 1 is 1.60 bits per heavy atom. The van der Waals surface area contributed by atoms with Crippen molar-refractivity contribution in [2.45, 2.75) is 0 Å². The van der Waals surface area contributed by atoms with E-state index in [9.17, 15) is 14.9 Å². The van der Waals surface area contributed by atoms with Crippen molar-refractivity contribution in [3.05, 3.63) is 38.3 Å². The molecule has 78 valence electrons. The molecule has 0 saturated heterocycles. The van der Waals surface area contributed by atoms with Crippen LogP contribution in [0.4, 0.5) is 5.69 Å². The third-order valence-corrected chi connectivity index (χ3v) is 2.27. The van der Waals surface area contributed by atoms with Crippen LogP contribution in [0.5, 0.6) is 0 Å². The number of benzene rings is 1. The molecule has 0 spiro atoms. The SMILES string of the molecule is O=C(C=NO)c1ccc(Br)c([N+](=O)[O-])c1. The summed E-state index contributed by atoms with van der Waals surface area (Å²) in [6.45, 7) is 0. The molecule has 0 aliphatic carbocycles. The van der Waals surface area contributed by atoms with Gasteiger partial charge in [0.1, 0.15) is 6.21 Å². The van der Waals surface area contributed by atoms with Gasteiger partial charge in [0.25, 0.3) is 5.69 Å². The number of nitrogens with zero attached hydrogens (tertiary/aromatic N) is 2. The topological polar surface area (TPSA) is 92.8 Å². The van der Waals surface area contributed by atoms with Crippen LogP contribution in [-0.4, -0.2) is 22.1 Å². The molecule has 0 saturated carbocycles. The minimum absolute atomic E-state index is 0.0858. The number of hydrogen-bond acceptors (Lipinski definition) is 5. The molecule has 0 aliphatic heterocycles. The van der Waals surface area contributed by atoms with E-state index >= 15 is 0 Å². The van der Waals surface area contributed by atoms with Crippen molar-refractivity contribution >= 4 is 33.6 Å². The number of nitro benzene ring substituents is 1. The maximum absolute atomic E-state index is 11.2. The fourth-order valence-electron chi connectivity index (χ4n) is 0.933. The lowest BCUT2D eigenvalue weighted by molar-refractivity contribution is -0.385. The minimum Gasteiger partial charge on any atom is -0.411 e. The zero-order chi connectivity index (χ0) is 11.4. The third-order valence-electron chi connectivity index (χ3n) is 1.60. The van der Waals surface area contributed by atoms with Crippen LogP contribution in [0.2, 0.25) is 0 Å². The second-order valence-electron chi connectivity index (χ2n) is 2.53. The highest BCUT2D eigenvalue weighted by Crippen LogP contribution is 2.25. The van der Waals surface area contributed by atoms with E-state index in [4.69, 9.17) is 5.21 Å². The molecular formula is C8H5BrN2O4. The van der Waals surface area contributed by atoms with E-state index < -0.39 is 10.7 Å². The molecule has 7 heteroatoms. The summed E-state index contributed by atoms with van der Waals surface area (Å²) in [6.07, 6.45) is 0.674. The summed E-state index contributed by atoms with van der Waals surface area (Å²) in [5.41, 5.74) is -0.130. The van der Waals surface area contributed by atoms with Gasteiger partial charge < -0.3 is 5.21 Å². The normalized spacial score (nSPS) is 10.5. The van der Waals surface area contributed by atoms with Crippen molar-refractivity contribution in [2.75, 3.05) is 0 Å². The maximum atomic E-state index is 11.2. The number of Topliss-reactive ketones (excluding diaryl/α,β-unsaturated/α-hetero) is 1. The number of carbonyl (C=O) groups is 1. The zero-order valence-corrected chi connectivity index (χ0v) is 8.84. The van der Waals surface area contributed by atoms with Crippen LogP contribution >= 0.6 is 15.9 Å². The van der Waals surface area contributed by atoms with Crippen LogP contribution in [0.15, 0.2) is 27.8 Å². The van der Waals surface area contributed by atoms with E-state index in [1.165, 1.54) is 12.1 Å². The summed E-state index contributed by atoms with van der Waals surface area (Å²) in [4.78, 5) is 21.1. The molecular weight excluding hydrogens is 268 g/mol. The van der Waals surface area contributed by atoms with Crippen molar-refractivity contribution in [2.24, 2.45) is 5.16 Å². The van der Waals surface area contributed by atoms with Gasteiger partial charge >= 0.3 is 0 Å². The Morgan fingerprint density at radius 2 is 2.27 bits per heavy atom. The Morgan fingerprint density at radius 3 is 2.80 bits per heavy atom. The Kier molecular flexibility index (Phi) is 3.51. The first-order chi connectivity index (χ1) is 7.06. The number of rotatable bonds is 3. The number of hydrogen-bond donors (Lipinski definition) is 1. The van der Waals surface area contributed by atoms with Crippen molar-refractivity contribution in [3.8, 4) is 0 Å².